The van der Waals surface area contributed by atoms with Crippen molar-refractivity contribution in [2.45, 2.75) is 19.9 Å². The molecule has 31 heavy (non-hydrogen) atoms. The van der Waals surface area contributed by atoms with Gasteiger partial charge in [-0.2, -0.15) is 0 Å². The highest BCUT2D eigenvalue weighted by Gasteiger charge is 2.24. The number of ether oxygens (including phenoxy) is 1. The Hall–Kier alpha value is -2.89. The molecule has 9 nitrogen and oxygen atoms in total. The Morgan fingerprint density at radius 2 is 2.00 bits per heavy atom. The Morgan fingerprint density at radius 1 is 1.16 bits per heavy atom. The van der Waals surface area contributed by atoms with Crippen LogP contribution in [0.4, 0.5) is 5.69 Å². The highest BCUT2D eigenvalue weighted by molar-refractivity contribution is 14.0. The van der Waals surface area contributed by atoms with Gasteiger partial charge in [0.1, 0.15) is 12.3 Å². The molecule has 3 aromatic rings. The van der Waals surface area contributed by atoms with E-state index in [1.54, 1.807) is 4.90 Å². The van der Waals surface area contributed by atoms with Gasteiger partial charge in [-0.05, 0) is 37.6 Å². The summed E-state index contributed by atoms with van der Waals surface area (Å²) in [5.41, 5.74) is 1.63. The minimum atomic E-state index is -0.0204. The van der Waals surface area contributed by atoms with E-state index in [1.165, 1.54) is 0 Å². The fraction of sp³-hybridized carbons (Fsp3) is 0.333. The number of hydrogen-bond donors (Lipinski definition) is 2. The maximum atomic E-state index is 12.3. The van der Waals surface area contributed by atoms with Gasteiger partial charge in [-0.3, -0.25) is 9.20 Å². The van der Waals surface area contributed by atoms with Crippen LogP contribution in [0, 0.1) is 0 Å². The molecule has 0 saturated heterocycles. The van der Waals surface area contributed by atoms with Gasteiger partial charge in [-0.1, -0.05) is 18.2 Å². The lowest BCUT2D eigenvalue weighted by Gasteiger charge is -2.29. The van der Waals surface area contributed by atoms with Gasteiger partial charge in [0, 0.05) is 25.8 Å². The third-order valence-electron chi connectivity index (χ3n) is 4.77. The minimum absolute atomic E-state index is 0. The number of fused-ring (bicyclic) bond motifs is 2. The lowest BCUT2D eigenvalue weighted by Crippen LogP contribution is -2.42. The number of guanidine groups is 1. The van der Waals surface area contributed by atoms with Crippen molar-refractivity contribution in [2.75, 3.05) is 31.1 Å². The molecule has 2 aromatic heterocycles. The monoisotopic (exact) mass is 535 g/mol. The van der Waals surface area contributed by atoms with E-state index < -0.39 is 0 Å². The molecule has 3 heterocycles. The molecule has 0 bridgehead atoms. The molecule has 1 amide bonds. The molecule has 1 aliphatic heterocycles. The maximum absolute atomic E-state index is 12.3. The molecule has 2 N–H and O–H groups in total. The zero-order valence-corrected chi connectivity index (χ0v) is 19.7. The van der Waals surface area contributed by atoms with Gasteiger partial charge in [-0.25, -0.2) is 4.99 Å². The van der Waals surface area contributed by atoms with Crippen LogP contribution < -0.4 is 20.3 Å². The lowest BCUT2D eigenvalue weighted by molar-refractivity contribution is -0.121. The van der Waals surface area contributed by atoms with E-state index in [0.717, 1.165) is 35.9 Å². The van der Waals surface area contributed by atoms with E-state index in [1.807, 2.05) is 60.0 Å². The van der Waals surface area contributed by atoms with E-state index in [0.29, 0.717) is 25.6 Å². The average Bonchev–Trinajstić information content (AvgIpc) is 3.19. The Bertz CT molecular complexity index is 1050. The second-order valence-corrected chi connectivity index (χ2v) is 6.82. The van der Waals surface area contributed by atoms with Crippen LogP contribution in [0.25, 0.3) is 5.65 Å². The number of carbonyl (C=O) groups excluding carboxylic acids is 1. The standard InChI is InChI=1S/C21H25N7O2.HI/c1-2-22-21(24-14-19-26-25-18-10-5-6-12-28(18)19)23-11-7-13-27-16-8-3-4-9-17(16)30-15-20(27)29;/h3-6,8-10,12H,2,7,11,13-15H2,1H3,(H2,22,23,24);1H. The summed E-state index contributed by atoms with van der Waals surface area (Å²) in [6.07, 6.45) is 2.70. The SMILES string of the molecule is CCNC(=NCc1nnc2ccccn12)NCCCN1C(=O)COc2ccccc21.I. The highest BCUT2D eigenvalue weighted by Crippen LogP contribution is 2.31. The Kier molecular flexibility index (Phi) is 8.04. The number of para-hydroxylation sites is 2. The third kappa shape index (κ3) is 5.43. The number of carbonyl (C=O) groups is 1. The number of anilines is 1. The van der Waals surface area contributed by atoms with Crippen molar-refractivity contribution in [3.63, 3.8) is 0 Å². The molecule has 0 unspecified atom stereocenters. The van der Waals surface area contributed by atoms with Crippen molar-refractivity contribution in [1.29, 1.82) is 0 Å². The van der Waals surface area contributed by atoms with Crippen LogP contribution in [0.5, 0.6) is 5.75 Å². The number of aromatic nitrogens is 3. The molecular weight excluding hydrogens is 509 g/mol. The number of pyridine rings is 1. The fourth-order valence-corrected chi connectivity index (χ4v) is 3.33. The molecule has 0 atom stereocenters. The van der Waals surface area contributed by atoms with Gasteiger partial charge in [0.15, 0.2) is 24.0 Å². The number of aliphatic imine (C=N–C) groups is 1. The molecule has 164 valence electrons. The van der Waals surface area contributed by atoms with E-state index in [-0.39, 0.29) is 36.5 Å². The fourth-order valence-electron chi connectivity index (χ4n) is 3.33. The Balaban J connectivity index is 0.00000272. The second kappa shape index (κ2) is 10.9. The topological polar surface area (TPSA) is 96.1 Å². The normalized spacial score (nSPS) is 13.4. The predicted molar refractivity (Wildman–Crippen MR) is 130 cm³/mol. The minimum Gasteiger partial charge on any atom is -0.482 e. The zero-order chi connectivity index (χ0) is 20.8. The molecular formula is C21H26IN7O2. The van der Waals surface area contributed by atoms with Crippen LogP contribution >= 0.6 is 24.0 Å². The smallest absolute Gasteiger partial charge is 0.265 e. The average molecular weight is 535 g/mol. The second-order valence-electron chi connectivity index (χ2n) is 6.82. The van der Waals surface area contributed by atoms with Crippen molar-refractivity contribution in [3.8, 4) is 5.75 Å². The van der Waals surface area contributed by atoms with Gasteiger partial charge < -0.3 is 20.3 Å². The molecule has 4 rings (SSSR count). The molecule has 0 aliphatic carbocycles. The summed E-state index contributed by atoms with van der Waals surface area (Å²) in [6.45, 7) is 4.56. The number of nitrogens with zero attached hydrogens (tertiary/aromatic N) is 5. The quantitative estimate of drug-likeness (QED) is 0.209. The molecule has 1 aromatic carbocycles. The number of rotatable bonds is 7. The van der Waals surface area contributed by atoms with Crippen LogP contribution in [0.2, 0.25) is 0 Å². The van der Waals surface area contributed by atoms with Gasteiger partial charge in [0.25, 0.3) is 5.91 Å². The summed E-state index contributed by atoms with van der Waals surface area (Å²) in [5.74, 6) is 2.21. The third-order valence-corrected chi connectivity index (χ3v) is 4.77. The molecule has 1 aliphatic rings. The van der Waals surface area contributed by atoms with Crippen LogP contribution in [-0.4, -0.2) is 52.7 Å². The first-order valence-electron chi connectivity index (χ1n) is 10.1. The number of amides is 1. The number of benzene rings is 1. The van der Waals surface area contributed by atoms with E-state index in [2.05, 4.69) is 25.8 Å². The summed E-state index contributed by atoms with van der Waals surface area (Å²) >= 11 is 0. The van der Waals surface area contributed by atoms with E-state index >= 15 is 0 Å². The summed E-state index contributed by atoms with van der Waals surface area (Å²) in [7, 11) is 0. The van der Waals surface area contributed by atoms with Gasteiger partial charge in [-0.15, -0.1) is 34.2 Å². The van der Waals surface area contributed by atoms with Crippen molar-refractivity contribution in [2.24, 2.45) is 4.99 Å². The summed E-state index contributed by atoms with van der Waals surface area (Å²) in [4.78, 5) is 18.7. The van der Waals surface area contributed by atoms with E-state index in [4.69, 9.17) is 4.74 Å². The first-order chi connectivity index (χ1) is 14.8. The molecule has 0 fully saturated rings. The highest BCUT2D eigenvalue weighted by atomic mass is 127. The van der Waals surface area contributed by atoms with Crippen molar-refractivity contribution >= 4 is 47.2 Å². The van der Waals surface area contributed by atoms with E-state index in [9.17, 15) is 4.79 Å². The van der Waals surface area contributed by atoms with Gasteiger partial charge >= 0.3 is 0 Å². The summed E-state index contributed by atoms with van der Waals surface area (Å²) in [5, 5.41) is 14.9. The number of hydrogen-bond acceptors (Lipinski definition) is 5. The van der Waals surface area contributed by atoms with Crippen LogP contribution in [0.3, 0.4) is 0 Å². The van der Waals surface area contributed by atoms with Crippen molar-refractivity contribution < 1.29 is 9.53 Å². The summed E-state index contributed by atoms with van der Waals surface area (Å²) < 4.78 is 7.42. The van der Waals surface area contributed by atoms with Crippen molar-refractivity contribution in [3.05, 3.63) is 54.5 Å². The first kappa shape index (κ1) is 22.8. The number of halogens is 1. The molecule has 10 heteroatoms. The molecule has 0 radical (unpaired) electrons. The molecule has 0 spiro atoms. The zero-order valence-electron chi connectivity index (χ0n) is 17.3. The van der Waals surface area contributed by atoms with Crippen LogP contribution in [0.15, 0.2) is 53.7 Å². The first-order valence-corrected chi connectivity index (χ1v) is 10.1. The van der Waals surface area contributed by atoms with Gasteiger partial charge in [0.05, 0.1) is 5.69 Å². The number of nitrogens with one attached hydrogen (secondary N) is 2. The predicted octanol–water partition coefficient (Wildman–Crippen LogP) is 2.22. The van der Waals surface area contributed by atoms with Crippen LogP contribution in [-0.2, 0) is 11.3 Å². The molecule has 0 saturated carbocycles. The Morgan fingerprint density at radius 3 is 2.87 bits per heavy atom. The van der Waals surface area contributed by atoms with Crippen molar-refractivity contribution in [1.82, 2.24) is 25.2 Å². The summed E-state index contributed by atoms with van der Waals surface area (Å²) in [6, 6.07) is 13.4. The lowest BCUT2D eigenvalue weighted by atomic mass is 10.2. The largest absolute Gasteiger partial charge is 0.482 e. The van der Waals surface area contributed by atoms with Crippen LogP contribution in [0.1, 0.15) is 19.2 Å². The Labute approximate surface area is 197 Å². The van der Waals surface area contributed by atoms with Gasteiger partial charge in [0.2, 0.25) is 0 Å². The maximum Gasteiger partial charge on any atom is 0.265 e.